The second-order valence-electron chi connectivity index (χ2n) is 7.12. The number of amides is 1. The van der Waals surface area contributed by atoms with Crippen LogP contribution in [0.3, 0.4) is 0 Å². The number of nitrogens with zero attached hydrogens (tertiary/aromatic N) is 2. The Hall–Kier alpha value is -2.49. The molecule has 2 rings (SSSR count). The molecule has 0 bridgehead atoms. The molecule has 29 heavy (non-hydrogen) atoms. The molecule has 0 heterocycles. The molecule has 0 radical (unpaired) electrons. The van der Waals surface area contributed by atoms with Crippen molar-refractivity contribution in [3.8, 4) is 12.1 Å². The highest BCUT2D eigenvalue weighted by Gasteiger charge is 2.35. The van der Waals surface area contributed by atoms with Crippen LogP contribution in [0.1, 0.15) is 43.4 Å². The minimum absolute atomic E-state index is 0.0701. The highest BCUT2D eigenvalue weighted by atomic mass is 79.9. The fourth-order valence-corrected chi connectivity index (χ4v) is 3.51. The molecule has 4 N–H and O–H groups in total. The lowest BCUT2D eigenvalue weighted by molar-refractivity contribution is -0.121. The van der Waals surface area contributed by atoms with Gasteiger partial charge in [0, 0.05) is 14.5 Å². The second kappa shape index (κ2) is 9.82. The molecular formula is C20H18Br2F2N4O. The van der Waals surface area contributed by atoms with Gasteiger partial charge in [-0.1, -0.05) is 52.6 Å². The number of halogens is 4. The van der Waals surface area contributed by atoms with Crippen molar-refractivity contribution in [2.45, 2.75) is 26.7 Å². The molecule has 0 saturated carbocycles. The average molecular weight is 528 g/mol. The van der Waals surface area contributed by atoms with Crippen molar-refractivity contribution in [1.82, 2.24) is 0 Å². The van der Waals surface area contributed by atoms with Crippen molar-refractivity contribution < 1.29 is 13.6 Å². The Balaban J connectivity index is 0.000000326. The molecule has 0 spiro atoms. The fraction of sp³-hybridized carbons (Fsp3) is 0.250. The zero-order valence-electron chi connectivity index (χ0n) is 15.9. The van der Waals surface area contributed by atoms with E-state index in [2.05, 4.69) is 31.9 Å². The third kappa shape index (κ3) is 6.25. The monoisotopic (exact) mass is 526 g/mol. The van der Waals surface area contributed by atoms with Crippen molar-refractivity contribution in [1.29, 1.82) is 10.5 Å². The first-order valence-corrected chi connectivity index (χ1v) is 9.75. The first kappa shape index (κ1) is 24.5. The van der Waals surface area contributed by atoms with Gasteiger partial charge < -0.3 is 11.5 Å². The largest absolute Gasteiger partial charge is 0.395 e. The summed E-state index contributed by atoms with van der Waals surface area (Å²) in [5.41, 5.74) is 10.3. The molecule has 9 heteroatoms. The van der Waals surface area contributed by atoms with E-state index in [-0.39, 0.29) is 22.4 Å². The predicted molar refractivity (Wildman–Crippen MR) is 113 cm³/mol. The molecule has 2 aromatic carbocycles. The Kier molecular flexibility index (Phi) is 8.31. The van der Waals surface area contributed by atoms with Gasteiger partial charge in [0.1, 0.15) is 17.7 Å². The molecule has 152 valence electrons. The molecule has 1 amide bonds. The van der Waals surface area contributed by atoms with Gasteiger partial charge in [-0.2, -0.15) is 10.5 Å². The number of carbonyl (C=O) groups excluding carboxylic acids is 1. The predicted octanol–water partition coefficient (Wildman–Crippen LogP) is 5.12. The number of benzene rings is 2. The lowest BCUT2D eigenvalue weighted by atomic mass is 9.74. The summed E-state index contributed by atoms with van der Waals surface area (Å²) in [6.07, 6.45) is 0. The van der Waals surface area contributed by atoms with Gasteiger partial charge in [0.2, 0.25) is 5.91 Å². The number of rotatable bonds is 2. The summed E-state index contributed by atoms with van der Waals surface area (Å²) in [6.45, 7) is 5.35. The third-order valence-corrected chi connectivity index (χ3v) is 4.78. The maximum atomic E-state index is 14.0. The first-order chi connectivity index (χ1) is 13.3. The van der Waals surface area contributed by atoms with Gasteiger partial charge in [-0.3, -0.25) is 4.79 Å². The molecular weight excluding hydrogens is 510 g/mol. The van der Waals surface area contributed by atoms with Gasteiger partial charge in [-0.05, 0) is 29.7 Å². The van der Waals surface area contributed by atoms with Crippen LogP contribution in [0.25, 0.3) is 0 Å². The van der Waals surface area contributed by atoms with Crippen LogP contribution in [0.4, 0.5) is 14.5 Å². The van der Waals surface area contributed by atoms with Gasteiger partial charge in [-0.15, -0.1) is 0 Å². The van der Waals surface area contributed by atoms with Gasteiger partial charge in [0.25, 0.3) is 0 Å². The van der Waals surface area contributed by atoms with Gasteiger partial charge in [0.05, 0.1) is 28.8 Å². The Bertz CT molecular complexity index is 1020. The molecule has 0 fully saturated rings. The number of carbonyl (C=O) groups is 1. The highest BCUT2D eigenvalue weighted by Crippen LogP contribution is 2.38. The van der Waals surface area contributed by atoms with Crippen molar-refractivity contribution in [2.75, 3.05) is 5.73 Å². The van der Waals surface area contributed by atoms with Crippen LogP contribution in [-0.4, -0.2) is 5.91 Å². The zero-order chi connectivity index (χ0) is 22.5. The quantitative estimate of drug-likeness (QED) is 0.527. The number of nitrogen functional groups attached to an aromatic ring is 1. The molecule has 0 aromatic heterocycles. The minimum atomic E-state index is -0.847. The van der Waals surface area contributed by atoms with Crippen LogP contribution in [0.2, 0.25) is 0 Å². The highest BCUT2D eigenvalue weighted by molar-refractivity contribution is 9.10. The first-order valence-electron chi connectivity index (χ1n) is 8.16. The summed E-state index contributed by atoms with van der Waals surface area (Å²) >= 11 is 6.16. The van der Waals surface area contributed by atoms with E-state index in [9.17, 15) is 13.6 Å². The number of hydrogen-bond donors (Lipinski definition) is 2. The molecule has 0 aliphatic rings. The van der Waals surface area contributed by atoms with Crippen LogP contribution in [-0.2, 0) is 4.79 Å². The smallest absolute Gasteiger partial charge is 0.225 e. The van der Waals surface area contributed by atoms with Crippen LogP contribution >= 0.6 is 31.9 Å². The van der Waals surface area contributed by atoms with Crippen LogP contribution in [0, 0.1) is 39.7 Å². The molecule has 5 nitrogen and oxygen atoms in total. The van der Waals surface area contributed by atoms with Crippen molar-refractivity contribution >= 4 is 43.5 Å². The van der Waals surface area contributed by atoms with E-state index in [0.717, 1.165) is 0 Å². The number of hydrogen-bond acceptors (Lipinski definition) is 4. The van der Waals surface area contributed by atoms with E-state index >= 15 is 0 Å². The summed E-state index contributed by atoms with van der Waals surface area (Å²) < 4.78 is 27.7. The molecule has 1 unspecified atom stereocenters. The van der Waals surface area contributed by atoms with E-state index in [4.69, 9.17) is 22.0 Å². The maximum absolute atomic E-state index is 14.0. The number of nitrogens with two attached hydrogens (primary N) is 2. The number of primary amides is 1. The molecule has 2 aromatic rings. The molecule has 1 atom stereocenters. The molecule has 0 aliphatic carbocycles. The Morgan fingerprint density at radius 1 is 1.00 bits per heavy atom. The maximum Gasteiger partial charge on any atom is 0.225 e. The van der Waals surface area contributed by atoms with E-state index in [1.165, 1.54) is 24.3 Å². The topological polar surface area (TPSA) is 117 Å². The van der Waals surface area contributed by atoms with E-state index in [1.807, 2.05) is 6.07 Å². The average Bonchev–Trinajstić information content (AvgIpc) is 2.59. The summed E-state index contributed by atoms with van der Waals surface area (Å²) in [5, 5.41) is 17.5. The van der Waals surface area contributed by atoms with E-state index < -0.39 is 28.9 Å². The Morgan fingerprint density at radius 2 is 1.45 bits per heavy atom. The van der Waals surface area contributed by atoms with E-state index in [0.29, 0.717) is 8.95 Å². The van der Waals surface area contributed by atoms with Crippen molar-refractivity contribution in [3.05, 3.63) is 61.5 Å². The van der Waals surface area contributed by atoms with Gasteiger partial charge in [0.15, 0.2) is 0 Å². The molecule has 0 aliphatic heterocycles. The number of anilines is 1. The minimum Gasteiger partial charge on any atom is -0.395 e. The van der Waals surface area contributed by atoms with Gasteiger partial charge >= 0.3 is 0 Å². The van der Waals surface area contributed by atoms with E-state index in [1.54, 1.807) is 26.8 Å². The van der Waals surface area contributed by atoms with Crippen LogP contribution < -0.4 is 11.5 Å². The summed E-state index contributed by atoms with van der Waals surface area (Å²) in [6, 6.07) is 9.10. The SMILES string of the molecule is CC(C)(C)C(C(N)=O)c1c(F)cc(Br)cc1C#N.N#Cc1cc(Br)cc(F)c1N. The zero-order valence-corrected chi connectivity index (χ0v) is 19.0. The Labute approximate surface area is 184 Å². The van der Waals surface area contributed by atoms with Gasteiger partial charge in [-0.25, -0.2) is 8.78 Å². The summed E-state index contributed by atoms with van der Waals surface area (Å²) in [5.74, 6) is -2.66. The van der Waals surface area contributed by atoms with Crippen LogP contribution in [0.5, 0.6) is 0 Å². The van der Waals surface area contributed by atoms with Crippen molar-refractivity contribution in [2.24, 2.45) is 11.1 Å². The standard InChI is InChI=1S/C13H14BrFN2O.C7H4BrFN2/c1-13(2,3)11(12(17)18)10-7(6-16)4-8(14)5-9(10)15;8-5-1-4(3-10)7(11)6(9)2-5/h4-5,11H,1-3H3,(H2,17,18);1-2H,11H2. The normalized spacial score (nSPS) is 11.5. The third-order valence-electron chi connectivity index (χ3n) is 3.87. The fourth-order valence-electron chi connectivity index (χ4n) is 2.65. The lowest BCUT2D eigenvalue weighted by Gasteiger charge is -2.29. The summed E-state index contributed by atoms with van der Waals surface area (Å²) in [4.78, 5) is 11.6. The summed E-state index contributed by atoms with van der Waals surface area (Å²) in [7, 11) is 0. The molecule has 0 saturated heterocycles. The van der Waals surface area contributed by atoms with Crippen molar-refractivity contribution in [3.63, 3.8) is 0 Å². The number of nitriles is 2. The van der Waals surface area contributed by atoms with Crippen LogP contribution in [0.15, 0.2) is 33.2 Å². The second-order valence-corrected chi connectivity index (χ2v) is 8.95. The Morgan fingerprint density at radius 3 is 1.86 bits per heavy atom. The lowest BCUT2D eigenvalue weighted by Crippen LogP contribution is -2.33.